The lowest BCUT2D eigenvalue weighted by atomic mass is 10.1. The summed E-state index contributed by atoms with van der Waals surface area (Å²) in [6, 6.07) is 5.32. The van der Waals surface area contributed by atoms with E-state index in [2.05, 4.69) is 15.9 Å². The Morgan fingerprint density at radius 2 is 2.22 bits per heavy atom. The molecule has 18 heavy (non-hydrogen) atoms. The summed E-state index contributed by atoms with van der Waals surface area (Å²) in [6.45, 7) is 1.39. The van der Waals surface area contributed by atoms with Crippen molar-refractivity contribution in [3.05, 3.63) is 33.3 Å². The first-order valence-electron chi connectivity index (χ1n) is 5.58. The number of carbonyl (C=O) groups is 1. The number of piperidine rings is 1. The number of rotatable bonds is 1. The highest BCUT2D eigenvalue weighted by Gasteiger charge is 2.23. The molecule has 3 nitrogen and oxygen atoms in total. The number of nitrogens with zero attached hydrogens (tertiary/aromatic N) is 1. The Labute approximate surface area is 126 Å². The van der Waals surface area contributed by atoms with Gasteiger partial charge in [0.15, 0.2) is 0 Å². The van der Waals surface area contributed by atoms with Gasteiger partial charge in [-0.1, -0.05) is 11.6 Å². The van der Waals surface area contributed by atoms with Gasteiger partial charge >= 0.3 is 0 Å². The number of benzene rings is 1. The zero-order valence-electron chi connectivity index (χ0n) is 9.73. The van der Waals surface area contributed by atoms with Crippen LogP contribution in [0, 0.1) is 0 Å². The Morgan fingerprint density at radius 1 is 1.50 bits per heavy atom. The van der Waals surface area contributed by atoms with Crippen molar-refractivity contribution in [1.82, 2.24) is 4.90 Å². The lowest BCUT2D eigenvalue weighted by molar-refractivity contribution is 0.0708. The minimum Gasteiger partial charge on any atom is -0.337 e. The van der Waals surface area contributed by atoms with Crippen molar-refractivity contribution in [1.29, 1.82) is 0 Å². The highest BCUT2D eigenvalue weighted by molar-refractivity contribution is 9.10. The molecule has 1 aliphatic heterocycles. The number of carbonyl (C=O) groups excluding carboxylic acids is 1. The molecule has 2 rings (SSSR count). The normalized spacial score (nSPS) is 19.3. The van der Waals surface area contributed by atoms with Crippen LogP contribution in [-0.4, -0.2) is 29.9 Å². The molecule has 1 heterocycles. The fourth-order valence-electron chi connectivity index (χ4n) is 2.03. The summed E-state index contributed by atoms with van der Waals surface area (Å²) < 4.78 is 0.769. The maximum atomic E-state index is 12.3. The summed E-state index contributed by atoms with van der Waals surface area (Å²) in [5.41, 5.74) is 6.48. The van der Waals surface area contributed by atoms with E-state index in [0.29, 0.717) is 17.1 Å². The maximum Gasteiger partial charge on any atom is 0.255 e. The maximum absolute atomic E-state index is 12.3. The van der Waals surface area contributed by atoms with Crippen molar-refractivity contribution < 1.29 is 4.79 Å². The summed E-state index contributed by atoms with van der Waals surface area (Å²) in [5, 5.41) is 0.567. The van der Waals surface area contributed by atoms with Crippen LogP contribution in [0.1, 0.15) is 23.2 Å². The fourth-order valence-corrected chi connectivity index (χ4v) is 2.61. The van der Waals surface area contributed by atoms with Crippen LogP contribution >= 0.6 is 39.9 Å². The lowest BCUT2D eigenvalue weighted by Gasteiger charge is -2.31. The summed E-state index contributed by atoms with van der Waals surface area (Å²) in [6.07, 6.45) is 1.95. The molecule has 0 aliphatic carbocycles. The van der Waals surface area contributed by atoms with E-state index in [1.807, 2.05) is 0 Å². The smallest absolute Gasteiger partial charge is 0.255 e. The zero-order chi connectivity index (χ0) is 12.4. The molecule has 1 atom stereocenters. The van der Waals surface area contributed by atoms with Gasteiger partial charge in [-0.15, -0.1) is 12.4 Å². The van der Waals surface area contributed by atoms with Gasteiger partial charge in [0.05, 0.1) is 5.56 Å². The average molecular weight is 354 g/mol. The van der Waals surface area contributed by atoms with Gasteiger partial charge in [0.1, 0.15) is 0 Å². The van der Waals surface area contributed by atoms with Crippen LogP contribution in [0.4, 0.5) is 0 Å². The Kier molecular flexibility index (Phi) is 5.92. The Balaban J connectivity index is 0.00000162. The second-order valence-electron chi connectivity index (χ2n) is 4.28. The standard InChI is InChI=1S/C12H14BrClN2O.ClH/c13-11-4-3-8(14)6-10(11)12(17)16-5-1-2-9(15)7-16;/h3-4,6,9H,1-2,5,7,15H2;1H. The van der Waals surface area contributed by atoms with Gasteiger partial charge in [0.25, 0.3) is 5.91 Å². The van der Waals surface area contributed by atoms with Gasteiger partial charge in [-0.3, -0.25) is 4.79 Å². The number of likely N-dealkylation sites (tertiary alicyclic amines) is 1. The quantitative estimate of drug-likeness (QED) is 0.843. The summed E-state index contributed by atoms with van der Waals surface area (Å²) in [5.74, 6) is -0.00507. The van der Waals surface area contributed by atoms with E-state index in [1.165, 1.54) is 0 Å². The fraction of sp³-hybridized carbons (Fsp3) is 0.417. The molecular formula is C12H15BrCl2N2O. The van der Waals surface area contributed by atoms with Gasteiger partial charge in [-0.05, 0) is 47.0 Å². The molecule has 0 radical (unpaired) electrons. The predicted molar refractivity (Wildman–Crippen MR) is 79.5 cm³/mol. The number of nitrogens with two attached hydrogens (primary N) is 1. The largest absolute Gasteiger partial charge is 0.337 e. The highest BCUT2D eigenvalue weighted by Crippen LogP contribution is 2.23. The highest BCUT2D eigenvalue weighted by atomic mass is 79.9. The summed E-state index contributed by atoms with van der Waals surface area (Å²) >= 11 is 9.29. The van der Waals surface area contributed by atoms with E-state index in [9.17, 15) is 4.79 Å². The Bertz CT molecular complexity index is 442. The van der Waals surface area contributed by atoms with Crippen molar-refractivity contribution in [3.63, 3.8) is 0 Å². The minimum absolute atomic E-state index is 0. The average Bonchev–Trinajstić information content (AvgIpc) is 2.31. The molecule has 1 aromatic rings. The van der Waals surface area contributed by atoms with Gasteiger partial charge in [-0.2, -0.15) is 0 Å². The molecular weight excluding hydrogens is 339 g/mol. The minimum atomic E-state index is -0.00507. The first-order chi connectivity index (χ1) is 8.08. The molecule has 2 N–H and O–H groups in total. The third-order valence-corrected chi connectivity index (χ3v) is 3.83. The monoisotopic (exact) mass is 352 g/mol. The van der Waals surface area contributed by atoms with E-state index >= 15 is 0 Å². The van der Waals surface area contributed by atoms with Crippen molar-refractivity contribution in [3.8, 4) is 0 Å². The van der Waals surface area contributed by atoms with E-state index in [1.54, 1.807) is 23.1 Å². The van der Waals surface area contributed by atoms with Crippen LogP contribution in [-0.2, 0) is 0 Å². The SMILES string of the molecule is Cl.NC1CCCN(C(=O)c2cc(Cl)ccc2Br)C1. The molecule has 0 saturated carbocycles. The van der Waals surface area contributed by atoms with Crippen molar-refractivity contribution in [2.75, 3.05) is 13.1 Å². The van der Waals surface area contributed by atoms with Crippen LogP contribution in [0.15, 0.2) is 22.7 Å². The second kappa shape index (κ2) is 6.75. The van der Waals surface area contributed by atoms with Crippen LogP contribution in [0.3, 0.4) is 0 Å². The first kappa shape index (κ1) is 15.8. The molecule has 1 amide bonds. The number of amides is 1. The summed E-state index contributed by atoms with van der Waals surface area (Å²) in [4.78, 5) is 14.1. The van der Waals surface area contributed by atoms with Crippen molar-refractivity contribution in [2.45, 2.75) is 18.9 Å². The number of hydrogen-bond donors (Lipinski definition) is 1. The van der Waals surface area contributed by atoms with Crippen molar-refractivity contribution in [2.24, 2.45) is 5.73 Å². The first-order valence-corrected chi connectivity index (χ1v) is 6.75. The van der Waals surface area contributed by atoms with Crippen LogP contribution < -0.4 is 5.73 Å². The molecule has 1 aliphatic rings. The molecule has 0 bridgehead atoms. The van der Waals surface area contributed by atoms with Crippen LogP contribution in [0.2, 0.25) is 5.02 Å². The predicted octanol–water partition coefficient (Wildman–Crippen LogP) is 3.09. The van der Waals surface area contributed by atoms with E-state index < -0.39 is 0 Å². The third kappa shape index (κ3) is 3.60. The molecule has 1 aromatic carbocycles. The lowest BCUT2D eigenvalue weighted by Crippen LogP contribution is -2.45. The second-order valence-corrected chi connectivity index (χ2v) is 5.57. The zero-order valence-corrected chi connectivity index (χ0v) is 12.9. The molecule has 0 spiro atoms. The molecule has 1 saturated heterocycles. The molecule has 1 fully saturated rings. The van der Waals surface area contributed by atoms with Gasteiger partial charge in [0.2, 0.25) is 0 Å². The van der Waals surface area contributed by atoms with Crippen LogP contribution in [0.5, 0.6) is 0 Å². The molecule has 100 valence electrons. The van der Waals surface area contributed by atoms with E-state index in [4.69, 9.17) is 17.3 Å². The molecule has 1 unspecified atom stereocenters. The van der Waals surface area contributed by atoms with Crippen LogP contribution in [0.25, 0.3) is 0 Å². The van der Waals surface area contributed by atoms with E-state index in [0.717, 1.165) is 23.9 Å². The van der Waals surface area contributed by atoms with Gasteiger partial charge < -0.3 is 10.6 Å². The third-order valence-electron chi connectivity index (χ3n) is 2.90. The van der Waals surface area contributed by atoms with Crippen molar-refractivity contribution >= 4 is 45.8 Å². The van der Waals surface area contributed by atoms with Gasteiger partial charge in [-0.25, -0.2) is 0 Å². The Hall–Kier alpha value is -0.290. The molecule has 6 heteroatoms. The number of hydrogen-bond acceptors (Lipinski definition) is 2. The number of halogens is 3. The van der Waals surface area contributed by atoms with E-state index in [-0.39, 0.29) is 24.4 Å². The molecule has 0 aromatic heterocycles. The van der Waals surface area contributed by atoms with Gasteiger partial charge in [0, 0.05) is 28.6 Å². The summed E-state index contributed by atoms with van der Waals surface area (Å²) in [7, 11) is 0. The topological polar surface area (TPSA) is 46.3 Å². The Morgan fingerprint density at radius 3 is 2.89 bits per heavy atom.